The van der Waals surface area contributed by atoms with Crippen LogP contribution >= 0.6 is 0 Å². The van der Waals surface area contributed by atoms with Crippen LogP contribution < -0.4 is 10.2 Å². The summed E-state index contributed by atoms with van der Waals surface area (Å²) in [5, 5.41) is 3.91. The number of ether oxygens (including phenoxy) is 1. The summed E-state index contributed by atoms with van der Waals surface area (Å²) in [6, 6.07) is 19.9. The number of para-hydroxylation sites is 2. The molecule has 2 aromatic carbocycles. The molecule has 0 aliphatic rings. The Bertz CT molecular complexity index is 854. The van der Waals surface area contributed by atoms with Gasteiger partial charge in [-0.1, -0.05) is 30.3 Å². The Labute approximate surface area is 139 Å². The summed E-state index contributed by atoms with van der Waals surface area (Å²) in [6.07, 6.45) is 1.45. The predicted molar refractivity (Wildman–Crippen MR) is 91.5 cm³/mol. The van der Waals surface area contributed by atoms with E-state index in [-0.39, 0.29) is 5.91 Å². The zero-order valence-corrected chi connectivity index (χ0v) is 13.1. The monoisotopic (exact) mass is 320 g/mol. The minimum atomic E-state index is -0.360. The van der Waals surface area contributed by atoms with E-state index in [1.165, 1.54) is 6.21 Å². The lowest BCUT2D eigenvalue weighted by atomic mass is 10.2. The van der Waals surface area contributed by atoms with Gasteiger partial charge in [0.2, 0.25) is 0 Å². The number of rotatable bonds is 5. The van der Waals surface area contributed by atoms with Crippen LogP contribution in [0.1, 0.15) is 21.9 Å². The van der Waals surface area contributed by atoms with Crippen LogP contribution in [0.25, 0.3) is 0 Å². The highest BCUT2D eigenvalue weighted by atomic mass is 16.5. The first kappa shape index (κ1) is 15.6. The lowest BCUT2D eigenvalue weighted by Gasteiger charge is -2.09. The number of carbonyl (C=O) groups excluding carboxylic acids is 1. The van der Waals surface area contributed by atoms with Gasteiger partial charge in [-0.2, -0.15) is 5.10 Å². The standard InChI is InChI=1S/C19H16N2O3/c1-14-11-12-16(23-14)13-20-21-19(22)17-9-5-6-10-18(17)24-15-7-3-2-4-8-15/h2-13H,1H3,(H,21,22)/b20-13-. The topological polar surface area (TPSA) is 63.8 Å². The van der Waals surface area contributed by atoms with Crippen molar-refractivity contribution in [3.05, 3.63) is 83.8 Å². The van der Waals surface area contributed by atoms with E-state index in [2.05, 4.69) is 10.5 Å². The van der Waals surface area contributed by atoms with E-state index in [4.69, 9.17) is 9.15 Å². The van der Waals surface area contributed by atoms with E-state index >= 15 is 0 Å². The third-order valence-electron chi connectivity index (χ3n) is 3.22. The molecule has 3 aromatic rings. The number of benzene rings is 2. The molecule has 0 aliphatic heterocycles. The van der Waals surface area contributed by atoms with Crippen LogP contribution in [0, 0.1) is 6.92 Å². The number of furan rings is 1. The second-order valence-corrected chi connectivity index (χ2v) is 5.06. The SMILES string of the molecule is Cc1ccc(/C=N\NC(=O)c2ccccc2Oc2ccccc2)o1. The average Bonchev–Trinajstić information content (AvgIpc) is 3.01. The van der Waals surface area contributed by atoms with Gasteiger partial charge in [0.05, 0.1) is 11.8 Å². The molecule has 5 heteroatoms. The van der Waals surface area contributed by atoms with Gasteiger partial charge in [0.15, 0.2) is 0 Å². The summed E-state index contributed by atoms with van der Waals surface area (Å²) in [5.74, 6) is 2.12. The van der Waals surface area contributed by atoms with E-state index in [9.17, 15) is 4.79 Å². The smallest absolute Gasteiger partial charge is 0.275 e. The maximum atomic E-state index is 12.3. The van der Waals surface area contributed by atoms with Crippen LogP contribution in [0.15, 0.2) is 76.2 Å². The van der Waals surface area contributed by atoms with Gasteiger partial charge in [-0.15, -0.1) is 0 Å². The van der Waals surface area contributed by atoms with Crippen LogP contribution in [-0.4, -0.2) is 12.1 Å². The Morgan fingerprint density at radius 2 is 1.79 bits per heavy atom. The summed E-state index contributed by atoms with van der Waals surface area (Å²) in [5.41, 5.74) is 2.87. The summed E-state index contributed by atoms with van der Waals surface area (Å²) in [4.78, 5) is 12.3. The molecule has 0 atom stereocenters. The molecular weight excluding hydrogens is 304 g/mol. The minimum Gasteiger partial charge on any atom is -0.460 e. The molecule has 0 bridgehead atoms. The van der Waals surface area contributed by atoms with Crippen LogP contribution in [0.3, 0.4) is 0 Å². The quantitative estimate of drug-likeness (QED) is 0.567. The van der Waals surface area contributed by atoms with Gasteiger partial charge >= 0.3 is 0 Å². The fourth-order valence-corrected chi connectivity index (χ4v) is 2.10. The molecule has 0 unspecified atom stereocenters. The van der Waals surface area contributed by atoms with E-state index in [0.29, 0.717) is 22.8 Å². The number of nitrogens with one attached hydrogen (secondary N) is 1. The largest absolute Gasteiger partial charge is 0.460 e. The highest BCUT2D eigenvalue weighted by molar-refractivity contribution is 5.97. The van der Waals surface area contributed by atoms with E-state index in [1.54, 1.807) is 24.3 Å². The predicted octanol–water partition coefficient (Wildman–Crippen LogP) is 4.14. The molecular formula is C19H16N2O3. The maximum Gasteiger partial charge on any atom is 0.275 e. The number of hydrazone groups is 1. The second-order valence-electron chi connectivity index (χ2n) is 5.06. The number of carbonyl (C=O) groups is 1. The Balaban J connectivity index is 1.71. The van der Waals surface area contributed by atoms with Crippen molar-refractivity contribution in [2.75, 3.05) is 0 Å². The van der Waals surface area contributed by atoms with Crippen molar-refractivity contribution in [3.8, 4) is 11.5 Å². The molecule has 0 spiro atoms. The molecule has 0 saturated heterocycles. The summed E-state index contributed by atoms with van der Waals surface area (Å²) < 4.78 is 11.1. The summed E-state index contributed by atoms with van der Waals surface area (Å²) >= 11 is 0. The van der Waals surface area contributed by atoms with Gasteiger partial charge in [0.1, 0.15) is 23.0 Å². The first-order chi connectivity index (χ1) is 11.7. The number of nitrogens with zero attached hydrogens (tertiary/aromatic N) is 1. The molecule has 0 fully saturated rings. The molecule has 0 saturated carbocycles. The molecule has 0 radical (unpaired) electrons. The van der Waals surface area contributed by atoms with Crippen molar-refractivity contribution >= 4 is 12.1 Å². The maximum absolute atomic E-state index is 12.3. The summed E-state index contributed by atoms with van der Waals surface area (Å²) in [6.45, 7) is 1.84. The van der Waals surface area contributed by atoms with Crippen molar-refractivity contribution in [2.45, 2.75) is 6.92 Å². The molecule has 5 nitrogen and oxygen atoms in total. The van der Waals surface area contributed by atoms with Gasteiger partial charge in [0, 0.05) is 0 Å². The van der Waals surface area contributed by atoms with Gasteiger partial charge in [-0.05, 0) is 43.3 Å². The Morgan fingerprint density at radius 1 is 1.04 bits per heavy atom. The first-order valence-corrected chi connectivity index (χ1v) is 7.44. The molecule has 1 amide bonds. The number of amides is 1. The Morgan fingerprint density at radius 3 is 2.54 bits per heavy atom. The van der Waals surface area contributed by atoms with E-state index in [0.717, 1.165) is 5.76 Å². The first-order valence-electron chi connectivity index (χ1n) is 7.44. The lowest BCUT2D eigenvalue weighted by Crippen LogP contribution is -2.18. The zero-order chi connectivity index (χ0) is 16.8. The molecule has 0 aliphatic carbocycles. The molecule has 1 aromatic heterocycles. The molecule has 3 rings (SSSR count). The highest BCUT2D eigenvalue weighted by Gasteiger charge is 2.12. The highest BCUT2D eigenvalue weighted by Crippen LogP contribution is 2.24. The van der Waals surface area contributed by atoms with E-state index < -0.39 is 0 Å². The van der Waals surface area contributed by atoms with Gasteiger partial charge < -0.3 is 9.15 Å². The third kappa shape index (κ3) is 3.89. The van der Waals surface area contributed by atoms with Crippen LogP contribution in [0.2, 0.25) is 0 Å². The zero-order valence-electron chi connectivity index (χ0n) is 13.1. The van der Waals surface area contributed by atoms with Crippen molar-refractivity contribution < 1.29 is 13.9 Å². The second kappa shape index (κ2) is 7.28. The van der Waals surface area contributed by atoms with Crippen LogP contribution in [0.5, 0.6) is 11.5 Å². The normalized spacial score (nSPS) is 10.7. The van der Waals surface area contributed by atoms with Crippen LogP contribution in [0.4, 0.5) is 0 Å². The Hall–Kier alpha value is -3.34. The van der Waals surface area contributed by atoms with Crippen molar-refractivity contribution in [1.82, 2.24) is 5.43 Å². The fraction of sp³-hybridized carbons (Fsp3) is 0.0526. The Kier molecular flexibility index (Phi) is 4.72. The number of hydrogen-bond acceptors (Lipinski definition) is 4. The van der Waals surface area contributed by atoms with E-state index in [1.807, 2.05) is 49.4 Å². The number of hydrogen-bond donors (Lipinski definition) is 1. The lowest BCUT2D eigenvalue weighted by molar-refractivity contribution is 0.0953. The molecule has 1 heterocycles. The summed E-state index contributed by atoms with van der Waals surface area (Å²) in [7, 11) is 0. The van der Waals surface area contributed by atoms with Crippen LogP contribution in [-0.2, 0) is 0 Å². The number of aryl methyl sites for hydroxylation is 1. The van der Waals surface area contributed by atoms with Crippen molar-refractivity contribution in [3.63, 3.8) is 0 Å². The van der Waals surface area contributed by atoms with Gasteiger partial charge in [-0.25, -0.2) is 5.43 Å². The molecule has 120 valence electrons. The fourth-order valence-electron chi connectivity index (χ4n) is 2.10. The van der Waals surface area contributed by atoms with Gasteiger partial charge in [0.25, 0.3) is 5.91 Å². The van der Waals surface area contributed by atoms with Gasteiger partial charge in [-0.3, -0.25) is 4.79 Å². The average molecular weight is 320 g/mol. The minimum absolute atomic E-state index is 0.360. The molecule has 1 N–H and O–H groups in total. The molecule has 24 heavy (non-hydrogen) atoms. The third-order valence-corrected chi connectivity index (χ3v) is 3.22. The van der Waals surface area contributed by atoms with Crippen molar-refractivity contribution in [2.24, 2.45) is 5.10 Å². The van der Waals surface area contributed by atoms with Crippen molar-refractivity contribution in [1.29, 1.82) is 0 Å².